The standard InChI is InChI=1S/C19H27N5O/c1-5-20-19(22-13-15-8-10-17(25-4)11-9-15)23-14-16-7-6-12-21-18(16)24(2)3/h6-12H,5,13-14H2,1-4H3,(H2,20,22,23). The van der Waals surface area contributed by atoms with Gasteiger partial charge in [0, 0.05) is 38.9 Å². The van der Waals surface area contributed by atoms with Crippen LogP contribution in [-0.2, 0) is 13.1 Å². The molecule has 0 atom stereocenters. The average Bonchev–Trinajstić information content (AvgIpc) is 2.64. The van der Waals surface area contributed by atoms with Crippen molar-refractivity contribution in [1.82, 2.24) is 15.6 Å². The Hall–Kier alpha value is -2.76. The smallest absolute Gasteiger partial charge is 0.191 e. The number of nitrogens with one attached hydrogen (secondary N) is 2. The van der Waals surface area contributed by atoms with Crippen LogP contribution in [0.4, 0.5) is 5.82 Å². The highest BCUT2D eigenvalue weighted by molar-refractivity contribution is 5.79. The van der Waals surface area contributed by atoms with E-state index in [-0.39, 0.29) is 0 Å². The van der Waals surface area contributed by atoms with E-state index in [0.29, 0.717) is 13.1 Å². The number of rotatable bonds is 7. The molecule has 2 N–H and O–H groups in total. The predicted octanol–water partition coefficient (Wildman–Crippen LogP) is 2.41. The molecule has 0 bridgehead atoms. The van der Waals surface area contributed by atoms with Crippen molar-refractivity contribution in [2.45, 2.75) is 20.0 Å². The zero-order valence-electron chi connectivity index (χ0n) is 15.4. The lowest BCUT2D eigenvalue weighted by molar-refractivity contribution is 0.414. The Morgan fingerprint density at radius 3 is 2.56 bits per heavy atom. The number of nitrogens with zero attached hydrogens (tertiary/aromatic N) is 3. The third-order valence-electron chi connectivity index (χ3n) is 3.66. The van der Waals surface area contributed by atoms with Gasteiger partial charge in [0.2, 0.25) is 0 Å². The van der Waals surface area contributed by atoms with Gasteiger partial charge in [0.05, 0.1) is 13.7 Å². The second-order valence-electron chi connectivity index (χ2n) is 5.78. The normalized spacial score (nSPS) is 11.1. The van der Waals surface area contributed by atoms with Gasteiger partial charge >= 0.3 is 0 Å². The van der Waals surface area contributed by atoms with Crippen molar-refractivity contribution in [3.8, 4) is 5.75 Å². The average molecular weight is 341 g/mol. The fourth-order valence-electron chi connectivity index (χ4n) is 2.39. The summed E-state index contributed by atoms with van der Waals surface area (Å²) < 4.78 is 5.18. The van der Waals surface area contributed by atoms with Crippen molar-refractivity contribution in [2.75, 3.05) is 32.6 Å². The number of aliphatic imine (C=N–C) groups is 1. The van der Waals surface area contributed by atoms with Crippen LogP contribution < -0.4 is 20.3 Å². The van der Waals surface area contributed by atoms with Crippen molar-refractivity contribution in [3.63, 3.8) is 0 Å². The molecule has 0 amide bonds. The molecule has 134 valence electrons. The third-order valence-corrected chi connectivity index (χ3v) is 3.66. The largest absolute Gasteiger partial charge is 0.497 e. The molecule has 0 unspecified atom stereocenters. The van der Waals surface area contributed by atoms with Crippen LogP contribution in [0.3, 0.4) is 0 Å². The van der Waals surface area contributed by atoms with E-state index in [4.69, 9.17) is 4.74 Å². The van der Waals surface area contributed by atoms with E-state index in [1.807, 2.05) is 55.5 Å². The molecule has 2 rings (SSSR count). The van der Waals surface area contributed by atoms with Gasteiger partial charge in [-0.25, -0.2) is 9.98 Å². The van der Waals surface area contributed by atoms with E-state index >= 15 is 0 Å². The van der Waals surface area contributed by atoms with Crippen LogP contribution in [0.2, 0.25) is 0 Å². The molecule has 25 heavy (non-hydrogen) atoms. The maximum absolute atomic E-state index is 5.18. The van der Waals surface area contributed by atoms with Crippen LogP contribution in [0.25, 0.3) is 0 Å². The number of pyridine rings is 1. The third kappa shape index (κ3) is 5.67. The van der Waals surface area contributed by atoms with E-state index in [1.165, 1.54) is 0 Å². The molecule has 0 fully saturated rings. The van der Waals surface area contributed by atoms with Gasteiger partial charge < -0.3 is 20.3 Å². The molecule has 1 heterocycles. The number of methoxy groups -OCH3 is 1. The van der Waals surface area contributed by atoms with E-state index in [0.717, 1.165) is 35.2 Å². The van der Waals surface area contributed by atoms with Gasteiger partial charge in [-0.2, -0.15) is 0 Å². The first-order valence-electron chi connectivity index (χ1n) is 8.40. The molecule has 1 aromatic carbocycles. The molecule has 0 spiro atoms. The van der Waals surface area contributed by atoms with Crippen LogP contribution in [0.1, 0.15) is 18.1 Å². The molecule has 0 aliphatic heterocycles. The molecular weight excluding hydrogens is 314 g/mol. The van der Waals surface area contributed by atoms with Gasteiger partial charge in [-0.05, 0) is 30.7 Å². The monoisotopic (exact) mass is 341 g/mol. The number of anilines is 1. The van der Waals surface area contributed by atoms with Crippen molar-refractivity contribution in [1.29, 1.82) is 0 Å². The van der Waals surface area contributed by atoms with Crippen molar-refractivity contribution >= 4 is 11.8 Å². The van der Waals surface area contributed by atoms with Crippen LogP contribution in [0.5, 0.6) is 5.75 Å². The Balaban J connectivity index is 2.02. The summed E-state index contributed by atoms with van der Waals surface area (Å²) in [6, 6.07) is 12.0. The Labute approximate surface area is 149 Å². The van der Waals surface area contributed by atoms with E-state index in [1.54, 1.807) is 7.11 Å². The van der Waals surface area contributed by atoms with E-state index < -0.39 is 0 Å². The fourth-order valence-corrected chi connectivity index (χ4v) is 2.39. The summed E-state index contributed by atoms with van der Waals surface area (Å²) in [7, 11) is 5.66. The molecule has 0 aliphatic carbocycles. The van der Waals surface area contributed by atoms with E-state index in [9.17, 15) is 0 Å². The summed E-state index contributed by atoms with van der Waals surface area (Å²) in [6.45, 7) is 4.13. The highest BCUT2D eigenvalue weighted by Gasteiger charge is 2.06. The Bertz CT molecular complexity index is 682. The number of benzene rings is 1. The Kier molecular flexibility index (Phi) is 7.07. The maximum Gasteiger partial charge on any atom is 0.191 e. The minimum Gasteiger partial charge on any atom is -0.497 e. The molecule has 1 aromatic heterocycles. The zero-order chi connectivity index (χ0) is 18.1. The Morgan fingerprint density at radius 1 is 1.16 bits per heavy atom. The summed E-state index contributed by atoms with van der Waals surface area (Å²) in [5.74, 6) is 2.60. The minimum atomic E-state index is 0.604. The summed E-state index contributed by atoms with van der Waals surface area (Å²) >= 11 is 0. The summed E-state index contributed by atoms with van der Waals surface area (Å²) in [5, 5.41) is 6.65. The fraction of sp³-hybridized carbons (Fsp3) is 0.368. The number of hydrogen-bond acceptors (Lipinski definition) is 4. The van der Waals surface area contributed by atoms with E-state index in [2.05, 4.69) is 33.6 Å². The Morgan fingerprint density at radius 2 is 1.92 bits per heavy atom. The predicted molar refractivity (Wildman–Crippen MR) is 103 cm³/mol. The molecule has 6 nitrogen and oxygen atoms in total. The van der Waals surface area contributed by atoms with Crippen molar-refractivity contribution in [3.05, 3.63) is 53.7 Å². The molecule has 2 aromatic rings. The molecular formula is C19H27N5O. The van der Waals surface area contributed by atoms with Crippen molar-refractivity contribution < 1.29 is 4.74 Å². The summed E-state index contributed by atoms with van der Waals surface area (Å²) in [6.07, 6.45) is 1.81. The lowest BCUT2D eigenvalue weighted by Gasteiger charge is -2.17. The second kappa shape index (κ2) is 9.52. The lowest BCUT2D eigenvalue weighted by Crippen LogP contribution is -2.37. The van der Waals surface area contributed by atoms with Gasteiger partial charge in [0.25, 0.3) is 0 Å². The van der Waals surface area contributed by atoms with Gasteiger partial charge in [-0.3, -0.25) is 0 Å². The van der Waals surface area contributed by atoms with Gasteiger partial charge in [-0.1, -0.05) is 18.2 Å². The first kappa shape index (κ1) is 18.6. The van der Waals surface area contributed by atoms with Gasteiger partial charge in [0.15, 0.2) is 5.96 Å². The first-order valence-corrected chi connectivity index (χ1v) is 8.40. The molecule has 0 aliphatic rings. The first-order chi connectivity index (χ1) is 12.1. The SMILES string of the molecule is CCNC(=NCc1ccc(OC)cc1)NCc1cccnc1N(C)C. The topological polar surface area (TPSA) is 61.8 Å². The maximum atomic E-state index is 5.18. The zero-order valence-corrected chi connectivity index (χ0v) is 15.4. The second-order valence-corrected chi connectivity index (χ2v) is 5.78. The minimum absolute atomic E-state index is 0.604. The number of aromatic nitrogens is 1. The quantitative estimate of drug-likeness (QED) is 0.598. The molecule has 6 heteroatoms. The highest BCUT2D eigenvalue weighted by Crippen LogP contribution is 2.14. The van der Waals surface area contributed by atoms with Crippen LogP contribution in [-0.4, -0.2) is 38.7 Å². The highest BCUT2D eigenvalue weighted by atomic mass is 16.5. The van der Waals surface area contributed by atoms with Crippen LogP contribution >= 0.6 is 0 Å². The van der Waals surface area contributed by atoms with Crippen molar-refractivity contribution in [2.24, 2.45) is 4.99 Å². The van der Waals surface area contributed by atoms with Crippen LogP contribution in [0, 0.1) is 0 Å². The number of ether oxygens (including phenoxy) is 1. The molecule has 0 saturated carbocycles. The molecule has 0 saturated heterocycles. The summed E-state index contributed by atoms with van der Waals surface area (Å²) in [4.78, 5) is 11.1. The van der Waals surface area contributed by atoms with Gasteiger partial charge in [-0.15, -0.1) is 0 Å². The number of guanidine groups is 1. The summed E-state index contributed by atoms with van der Waals surface area (Å²) in [5.41, 5.74) is 2.26. The van der Waals surface area contributed by atoms with Crippen LogP contribution in [0.15, 0.2) is 47.6 Å². The van der Waals surface area contributed by atoms with Gasteiger partial charge in [0.1, 0.15) is 11.6 Å². The lowest BCUT2D eigenvalue weighted by atomic mass is 10.2. The number of hydrogen-bond donors (Lipinski definition) is 2. The molecule has 0 radical (unpaired) electrons.